The summed E-state index contributed by atoms with van der Waals surface area (Å²) in [6.07, 6.45) is 1.77. The summed E-state index contributed by atoms with van der Waals surface area (Å²) in [6, 6.07) is 8.72. The number of anilines is 1. The van der Waals surface area contributed by atoms with Gasteiger partial charge in [0, 0.05) is 37.8 Å². The molecule has 1 aromatic heterocycles. The van der Waals surface area contributed by atoms with Crippen LogP contribution < -0.4 is 15.1 Å². The monoisotopic (exact) mass is 580 g/mol. The number of benzene rings is 1. The van der Waals surface area contributed by atoms with E-state index in [9.17, 15) is 17.8 Å². The Labute approximate surface area is 231 Å². The van der Waals surface area contributed by atoms with Crippen LogP contribution in [0.1, 0.15) is 50.4 Å². The first-order valence-electron chi connectivity index (χ1n) is 12.6. The Balaban J connectivity index is 2.34. The summed E-state index contributed by atoms with van der Waals surface area (Å²) in [5.41, 5.74) is 2.48. The van der Waals surface area contributed by atoms with E-state index in [4.69, 9.17) is 18.2 Å². The Bertz CT molecular complexity index is 1350. The van der Waals surface area contributed by atoms with Crippen molar-refractivity contribution < 1.29 is 36.0 Å². The fourth-order valence-electron chi connectivity index (χ4n) is 3.37. The van der Waals surface area contributed by atoms with E-state index >= 15 is 0 Å². The molecule has 0 saturated carbocycles. The van der Waals surface area contributed by atoms with Crippen molar-refractivity contribution in [2.75, 3.05) is 51.2 Å². The fraction of sp³-hybridized carbons (Fsp3) is 0.481. The van der Waals surface area contributed by atoms with Crippen LogP contribution in [0.5, 0.6) is 5.75 Å². The molecular formula is C27H37N2O8PS. The van der Waals surface area contributed by atoms with Gasteiger partial charge in [-0.2, -0.15) is 8.42 Å². The lowest BCUT2D eigenvalue weighted by Gasteiger charge is -2.21. The quantitative estimate of drug-likeness (QED) is 0.107. The molecule has 1 aromatic carbocycles. The van der Waals surface area contributed by atoms with Gasteiger partial charge in [0.15, 0.2) is 0 Å². The molecule has 1 heterocycles. The molecule has 1 atom stereocenters. The highest BCUT2D eigenvalue weighted by molar-refractivity contribution is 7.85. The number of carbonyl (C=O) groups is 1. The standard InChI is InChI=1S/C27H37N2O8PS/c1-7-29(4)24-18-21(14-15-25(24)35-16-10-11-27(30)34-8-2)12-13-22-17-23(20-37-39(6,32)33)28-26(19-22)38(5,31)36-9-3/h14-15,17-19H,7-11,16,20H2,1-6H3. The highest BCUT2D eigenvalue weighted by Gasteiger charge is 2.22. The predicted molar refractivity (Wildman–Crippen MR) is 151 cm³/mol. The van der Waals surface area contributed by atoms with Crippen LogP contribution in [-0.4, -0.2) is 65.7 Å². The summed E-state index contributed by atoms with van der Waals surface area (Å²) in [4.78, 5) is 17.9. The zero-order valence-corrected chi connectivity index (χ0v) is 25.1. The molecule has 0 fully saturated rings. The van der Waals surface area contributed by atoms with E-state index in [1.165, 1.54) is 6.66 Å². The van der Waals surface area contributed by atoms with Crippen LogP contribution >= 0.6 is 7.37 Å². The molecule has 0 amide bonds. The molecule has 39 heavy (non-hydrogen) atoms. The van der Waals surface area contributed by atoms with Gasteiger partial charge >= 0.3 is 5.97 Å². The van der Waals surface area contributed by atoms with Gasteiger partial charge in [0.2, 0.25) is 7.37 Å². The second kappa shape index (κ2) is 15.0. The Morgan fingerprint density at radius 1 is 1.08 bits per heavy atom. The van der Waals surface area contributed by atoms with Gasteiger partial charge in [-0.05, 0) is 57.5 Å². The Hall–Kier alpha value is -2.90. The van der Waals surface area contributed by atoms with Crippen LogP contribution in [0.3, 0.4) is 0 Å². The summed E-state index contributed by atoms with van der Waals surface area (Å²) in [6.45, 7) is 8.33. The Morgan fingerprint density at radius 2 is 1.79 bits per heavy atom. The smallest absolute Gasteiger partial charge is 0.305 e. The summed E-state index contributed by atoms with van der Waals surface area (Å²) in [5, 5.41) is 0. The van der Waals surface area contributed by atoms with Crippen LogP contribution in [0.4, 0.5) is 5.69 Å². The molecule has 0 aliphatic carbocycles. The second-order valence-electron chi connectivity index (χ2n) is 8.64. The van der Waals surface area contributed by atoms with Gasteiger partial charge in [-0.3, -0.25) is 13.5 Å². The maximum atomic E-state index is 13.0. The van der Waals surface area contributed by atoms with Crippen molar-refractivity contribution in [3.63, 3.8) is 0 Å². The molecule has 0 N–H and O–H groups in total. The van der Waals surface area contributed by atoms with Crippen LogP contribution in [0, 0.1) is 11.8 Å². The van der Waals surface area contributed by atoms with Gasteiger partial charge in [-0.25, -0.2) is 4.98 Å². The lowest BCUT2D eigenvalue weighted by Crippen LogP contribution is -2.17. The average molecular weight is 581 g/mol. The zero-order chi connectivity index (χ0) is 29.1. The summed E-state index contributed by atoms with van der Waals surface area (Å²) < 4.78 is 57.1. The zero-order valence-electron chi connectivity index (χ0n) is 23.4. The molecule has 2 rings (SSSR count). The normalized spacial score (nSPS) is 12.7. The van der Waals surface area contributed by atoms with Crippen molar-refractivity contribution >= 4 is 34.6 Å². The number of carbonyl (C=O) groups excluding carboxylic acids is 1. The highest BCUT2D eigenvalue weighted by Crippen LogP contribution is 2.40. The topological polar surface area (TPSA) is 121 Å². The van der Waals surface area contributed by atoms with Gasteiger partial charge in [-0.1, -0.05) is 11.8 Å². The third kappa shape index (κ3) is 11.0. The lowest BCUT2D eigenvalue weighted by atomic mass is 10.1. The SMILES string of the molecule is CCOC(=O)CCCOc1ccc(C#Cc2cc(COS(C)(=O)=O)nc(P(C)(=O)OCC)c2)cc1N(C)CC. The van der Waals surface area contributed by atoms with Gasteiger partial charge < -0.3 is 18.9 Å². The molecule has 0 aliphatic rings. The van der Waals surface area contributed by atoms with E-state index in [0.717, 1.165) is 18.5 Å². The maximum absolute atomic E-state index is 13.0. The van der Waals surface area contributed by atoms with Crippen molar-refractivity contribution in [3.8, 4) is 17.6 Å². The first kappa shape index (κ1) is 32.3. The van der Waals surface area contributed by atoms with Crippen LogP contribution in [-0.2, 0) is 39.5 Å². The third-order valence-corrected chi connectivity index (χ3v) is 7.72. The van der Waals surface area contributed by atoms with Gasteiger partial charge in [0.25, 0.3) is 10.1 Å². The number of esters is 1. The van der Waals surface area contributed by atoms with Crippen molar-refractivity contribution in [1.82, 2.24) is 4.98 Å². The molecule has 0 spiro atoms. The van der Waals surface area contributed by atoms with E-state index in [2.05, 4.69) is 16.8 Å². The van der Waals surface area contributed by atoms with E-state index in [1.54, 1.807) is 26.0 Å². The number of nitrogens with zero attached hydrogens (tertiary/aromatic N) is 2. The largest absolute Gasteiger partial charge is 0.491 e. The first-order chi connectivity index (χ1) is 18.4. The highest BCUT2D eigenvalue weighted by atomic mass is 32.2. The molecule has 0 aliphatic heterocycles. The maximum Gasteiger partial charge on any atom is 0.305 e. The van der Waals surface area contributed by atoms with Crippen molar-refractivity contribution in [3.05, 3.63) is 47.2 Å². The van der Waals surface area contributed by atoms with Gasteiger partial charge in [0.1, 0.15) is 17.8 Å². The number of pyridine rings is 1. The molecular weight excluding hydrogens is 543 g/mol. The summed E-state index contributed by atoms with van der Waals surface area (Å²) >= 11 is 0. The predicted octanol–water partition coefficient (Wildman–Crippen LogP) is 3.71. The molecule has 1 unspecified atom stereocenters. The number of aromatic nitrogens is 1. The number of rotatable bonds is 14. The molecule has 10 nitrogen and oxygen atoms in total. The van der Waals surface area contributed by atoms with E-state index < -0.39 is 17.5 Å². The number of hydrogen-bond donors (Lipinski definition) is 0. The van der Waals surface area contributed by atoms with Crippen molar-refractivity contribution in [1.29, 1.82) is 0 Å². The van der Waals surface area contributed by atoms with Crippen molar-refractivity contribution in [2.24, 2.45) is 0 Å². The minimum Gasteiger partial charge on any atom is -0.491 e. The second-order valence-corrected chi connectivity index (χ2v) is 12.7. The average Bonchev–Trinajstić information content (AvgIpc) is 2.88. The minimum absolute atomic E-state index is 0.182. The van der Waals surface area contributed by atoms with Crippen LogP contribution in [0.15, 0.2) is 30.3 Å². The number of hydrogen-bond acceptors (Lipinski definition) is 10. The fourth-order valence-corrected chi connectivity index (χ4v) is 5.01. The van der Waals surface area contributed by atoms with Gasteiger partial charge in [0.05, 0.1) is 37.5 Å². The minimum atomic E-state index is -3.70. The molecule has 12 heteroatoms. The lowest BCUT2D eigenvalue weighted by molar-refractivity contribution is -0.143. The van der Waals surface area contributed by atoms with E-state index in [1.807, 2.05) is 37.1 Å². The first-order valence-corrected chi connectivity index (χ1v) is 16.5. The molecule has 0 bridgehead atoms. The molecule has 0 saturated heterocycles. The molecule has 214 valence electrons. The Morgan fingerprint density at radius 3 is 2.44 bits per heavy atom. The van der Waals surface area contributed by atoms with Gasteiger partial charge in [-0.15, -0.1) is 0 Å². The third-order valence-electron chi connectivity index (χ3n) is 5.36. The molecule has 0 radical (unpaired) electrons. The summed E-state index contributed by atoms with van der Waals surface area (Å²) in [7, 11) is -5.01. The number of ether oxygens (including phenoxy) is 2. The van der Waals surface area contributed by atoms with Crippen LogP contribution in [0.25, 0.3) is 0 Å². The Kier molecular flexibility index (Phi) is 12.5. The van der Waals surface area contributed by atoms with Crippen molar-refractivity contribution in [2.45, 2.75) is 40.2 Å². The summed E-state index contributed by atoms with van der Waals surface area (Å²) in [5.74, 6) is 6.58. The molecule has 2 aromatic rings. The van der Waals surface area contributed by atoms with E-state index in [-0.39, 0.29) is 36.7 Å². The van der Waals surface area contributed by atoms with Crippen LogP contribution in [0.2, 0.25) is 0 Å². The van der Waals surface area contributed by atoms with E-state index in [0.29, 0.717) is 36.5 Å².